The Morgan fingerprint density at radius 2 is 2.36 bits per heavy atom. The predicted octanol–water partition coefficient (Wildman–Crippen LogP) is 0.322. The summed E-state index contributed by atoms with van der Waals surface area (Å²) in [5.41, 5.74) is 0. The fraction of sp³-hybridized carbons (Fsp3) is 0.818. The summed E-state index contributed by atoms with van der Waals surface area (Å²) in [4.78, 5) is 2.27. The van der Waals surface area contributed by atoms with Crippen LogP contribution < -0.4 is 5.32 Å². The number of hydrogen-bond acceptors (Lipinski definition) is 3. The summed E-state index contributed by atoms with van der Waals surface area (Å²) < 4.78 is 0. The molecule has 1 heterocycles. The van der Waals surface area contributed by atoms with Crippen LogP contribution in [0.1, 0.15) is 6.92 Å². The van der Waals surface area contributed by atoms with E-state index in [1.165, 1.54) is 0 Å². The van der Waals surface area contributed by atoms with Crippen LogP contribution in [-0.4, -0.2) is 49.3 Å². The summed E-state index contributed by atoms with van der Waals surface area (Å²) >= 11 is 0. The van der Waals surface area contributed by atoms with Crippen molar-refractivity contribution in [3.8, 4) is 0 Å². The molecule has 2 atom stereocenters. The van der Waals surface area contributed by atoms with E-state index < -0.39 is 0 Å². The Balaban J connectivity index is 2.33. The lowest BCUT2D eigenvalue weighted by molar-refractivity contribution is 0.182. The SMILES string of the molecule is C=CCN(CCO)C[C@@H]1CNC[C@H]1C. The van der Waals surface area contributed by atoms with E-state index in [0.717, 1.165) is 44.6 Å². The van der Waals surface area contributed by atoms with E-state index in [4.69, 9.17) is 5.11 Å². The quantitative estimate of drug-likeness (QED) is 0.603. The second-order valence-corrected chi connectivity index (χ2v) is 4.17. The Bertz CT molecular complexity index is 173. The summed E-state index contributed by atoms with van der Waals surface area (Å²) in [6.07, 6.45) is 1.91. The molecule has 14 heavy (non-hydrogen) atoms. The Kier molecular flexibility index (Phi) is 5.15. The van der Waals surface area contributed by atoms with Gasteiger partial charge in [0.05, 0.1) is 6.61 Å². The zero-order valence-corrected chi connectivity index (χ0v) is 9.08. The molecule has 0 unspecified atom stereocenters. The maximum absolute atomic E-state index is 8.91. The molecule has 82 valence electrons. The molecule has 0 aliphatic carbocycles. The molecule has 3 heteroatoms. The van der Waals surface area contributed by atoms with Gasteiger partial charge in [0.25, 0.3) is 0 Å². The number of aliphatic hydroxyl groups excluding tert-OH is 1. The molecule has 0 bridgehead atoms. The van der Waals surface area contributed by atoms with Gasteiger partial charge in [0.2, 0.25) is 0 Å². The van der Waals surface area contributed by atoms with E-state index in [9.17, 15) is 0 Å². The predicted molar refractivity (Wildman–Crippen MR) is 59.2 cm³/mol. The minimum atomic E-state index is 0.238. The van der Waals surface area contributed by atoms with Crippen LogP contribution in [0.3, 0.4) is 0 Å². The van der Waals surface area contributed by atoms with Gasteiger partial charge in [-0.3, -0.25) is 4.90 Å². The fourth-order valence-corrected chi connectivity index (χ4v) is 2.02. The standard InChI is InChI=1S/C11H22N2O/c1-3-4-13(5-6-14)9-11-8-12-7-10(11)2/h3,10-12,14H,1,4-9H2,2H3/t10-,11+/m1/s1. The van der Waals surface area contributed by atoms with E-state index in [0.29, 0.717) is 0 Å². The van der Waals surface area contributed by atoms with Crippen molar-refractivity contribution in [1.29, 1.82) is 0 Å². The van der Waals surface area contributed by atoms with Crippen molar-refractivity contribution in [3.63, 3.8) is 0 Å². The van der Waals surface area contributed by atoms with E-state index >= 15 is 0 Å². The van der Waals surface area contributed by atoms with Gasteiger partial charge in [-0.2, -0.15) is 0 Å². The van der Waals surface area contributed by atoms with Crippen LogP contribution in [0.15, 0.2) is 12.7 Å². The van der Waals surface area contributed by atoms with Gasteiger partial charge in [-0.1, -0.05) is 13.0 Å². The highest BCUT2D eigenvalue weighted by Gasteiger charge is 2.24. The van der Waals surface area contributed by atoms with Gasteiger partial charge in [-0.15, -0.1) is 6.58 Å². The Hall–Kier alpha value is -0.380. The molecule has 0 saturated carbocycles. The number of rotatable bonds is 6. The average Bonchev–Trinajstić information content (AvgIpc) is 2.53. The third kappa shape index (κ3) is 3.40. The monoisotopic (exact) mass is 198 g/mol. The molecular weight excluding hydrogens is 176 g/mol. The Morgan fingerprint density at radius 3 is 2.86 bits per heavy atom. The topological polar surface area (TPSA) is 35.5 Å². The Labute approximate surface area is 86.8 Å². The van der Waals surface area contributed by atoms with Crippen molar-refractivity contribution >= 4 is 0 Å². The van der Waals surface area contributed by atoms with E-state index in [1.54, 1.807) is 0 Å². The van der Waals surface area contributed by atoms with Gasteiger partial charge >= 0.3 is 0 Å². The van der Waals surface area contributed by atoms with Gasteiger partial charge in [0, 0.05) is 19.6 Å². The molecule has 1 saturated heterocycles. The number of nitrogens with zero attached hydrogens (tertiary/aromatic N) is 1. The lowest BCUT2D eigenvalue weighted by Crippen LogP contribution is -2.34. The Morgan fingerprint density at radius 1 is 1.57 bits per heavy atom. The molecule has 2 N–H and O–H groups in total. The smallest absolute Gasteiger partial charge is 0.0558 e. The zero-order valence-electron chi connectivity index (χ0n) is 9.08. The molecule has 0 amide bonds. The van der Waals surface area contributed by atoms with E-state index in [-0.39, 0.29) is 6.61 Å². The normalized spacial score (nSPS) is 27.1. The highest BCUT2D eigenvalue weighted by atomic mass is 16.3. The van der Waals surface area contributed by atoms with Gasteiger partial charge in [-0.05, 0) is 24.9 Å². The first-order valence-corrected chi connectivity index (χ1v) is 5.42. The third-order valence-electron chi connectivity index (χ3n) is 2.97. The molecule has 1 aliphatic heterocycles. The third-order valence-corrected chi connectivity index (χ3v) is 2.97. The summed E-state index contributed by atoms with van der Waals surface area (Å²) in [5, 5.41) is 12.3. The number of nitrogens with one attached hydrogen (secondary N) is 1. The maximum Gasteiger partial charge on any atom is 0.0558 e. The molecule has 0 aromatic rings. The van der Waals surface area contributed by atoms with Crippen molar-refractivity contribution in [3.05, 3.63) is 12.7 Å². The lowest BCUT2D eigenvalue weighted by Gasteiger charge is -2.25. The first-order chi connectivity index (χ1) is 6.77. The first-order valence-electron chi connectivity index (χ1n) is 5.42. The second-order valence-electron chi connectivity index (χ2n) is 4.17. The van der Waals surface area contributed by atoms with Gasteiger partial charge in [-0.25, -0.2) is 0 Å². The van der Waals surface area contributed by atoms with Crippen molar-refractivity contribution in [1.82, 2.24) is 10.2 Å². The van der Waals surface area contributed by atoms with Crippen LogP contribution in [0.2, 0.25) is 0 Å². The highest BCUT2D eigenvalue weighted by molar-refractivity contribution is 4.82. The van der Waals surface area contributed by atoms with Crippen LogP contribution in [0, 0.1) is 11.8 Å². The zero-order chi connectivity index (χ0) is 10.4. The van der Waals surface area contributed by atoms with Gasteiger partial charge < -0.3 is 10.4 Å². The number of hydrogen-bond donors (Lipinski definition) is 2. The molecule has 3 nitrogen and oxygen atoms in total. The minimum Gasteiger partial charge on any atom is -0.395 e. The second kappa shape index (κ2) is 6.17. The van der Waals surface area contributed by atoms with Crippen molar-refractivity contribution in [2.75, 3.05) is 39.3 Å². The van der Waals surface area contributed by atoms with Crippen molar-refractivity contribution in [2.45, 2.75) is 6.92 Å². The molecule has 1 fully saturated rings. The summed E-state index contributed by atoms with van der Waals surface area (Å²) in [6, 6.07) is 0. The lowest BCUT2D eigenvalue weighted by atomic mass is 9.97. The van der Waals surface area contributed by atoms with Crippen LogP contribution in [0.4, 0.5) is 0 Å². The molecule has 0 aromatic heterocycles. The molecule has 0 radical (unpaired) electrons. The van der Waals surface area contributed by atoms with Crippen LogP contribution in [0.5, 0.6) is 0 Å². The summed E-state index contributed by atoms with van der Waals surface area (Å²) in [5.74, 6) is 1.47. The van der Waals surface area contributed by atoms with Crippen molar-refractivity contribution < 1.29 is 5.11 Å². The molecule has 1 rings (SSSR count). The molecule has 1 aliphatic rings. The highest BCUT2D eigenvalue weighted by Crippen LogP contribution is 2.16. The fourth-order valence-electron chi connectivity index (χ4n) is 2.02. The van der Waals surface area contributed by atoms with E-state index in [2.05, 4.69) is 23.7 Å². The summed E-state index contributed by atoms with van der Waals surface area (Å²) in [6.45, 7) is 11.2. The largest absolute Gasteiger partial charge is 0.395 e. The first kappa shape index (κ1) is 11.7. The van der Waals surface area contributed by atoms with Crippen LogP contribution >= 0.6 is 0 Å². The molecule has 0 spiro atoms. The molecule has 0 aromatic carbocycles. The molecular formula is C11H22N2O. The minimum absolute atomic E-state index is 0.238. The van der Waals surface area contributed by atoms with Gasteiger partial charge in [0.15, 0.2) is 0 Å². The number of aliphatic hydroxyl groups is 1. The van der Waals surface area contributed by atoms with Gasteiger partial charge in [0.1, 0.15) is 0 Å². The maximum atomic E-state index is 8.91. The van der Waals surface area contributed by atoms with E-state index in [1.807, 2.05) is 6.08 Å². The average molecular weight is 198 g/mol. The van der Waals surface area contributed by atoms with Crippen LogP contribution in [-0.2, 0) is 0 Å². The van der Waals surface area contributed by atoms with Crippen molar-refractivity contribution in [2.24, 2.45) is 11.8 Å². The van der Waals surface area contributed by atoms with Crippen LogP contribution in [0.25, 0.3) is 0 Å². The summed E-state index contributed by atoms with van der Waals surface area (Å²) in [7, 11) is 0.